The third-order valence-electron chi connectivity index (χ3n) is 4.40. The van der Waals surface area contributed by atoms with Crippen LogP contribution in [0.5, 0.6) is 0 Å². The number of rotatable bonds is 4. The van der Waals surface area contributed by atoms with E-state index in [0.29, 0.717) is 11.4 Å². The number of ether oxygens (including phenoxy) is 1. The normalized spacial score (nSPS) is 17.2. The lowest BCUT2D eigenvalue weighted by atomic mass is 9.81. The number of hydrogen-bond acceptors (Lipinski definition) is 5. The van der Waals surface area contributed by atoms with Gasteiger partial charge in [-0.05, 0) is 30.4 Å². The number of amides is 1. The van der Waals surface area contributed by atoms with Gasteiger partial charge in [0.25, 0.3) is 5.91 Å². The van der Waals surface area contributed by atoms with Crippen molar-refractivity contribution in [1.29, 1.82) is 0 Å². The Morgan fingerprint density at radius 2 is 2.17 bits per heavy atom. The van der Waals surface area contributed by atoms with Crippen LogP contribution in [0.25, 0.3) is 5.82 Å². The van der Waals surface area contributed by atoms with Crippen molar-refractivity contribution in [2.24, 2.45) is 5.41 Å². The Morgan fingerprint density at radius 3 is 2.83 bits per heavy atom. The lowest BCUT2D eigenvalue weighted by molar-refractivity contribution is 0.0301. The fraction of sp³-hybridized carbons (Fsp3) is 0.500. The van der Waals surface area contributed by atoms with E-state index < -0.39 is 0 Å². The molecule has 0 aromatic carbocycles. The van der Waals surface area contributed by atoms with Gasteiger partial charge in [-0.25, -0.2) is 14.6 Å². The number of hydrogen-bond donors (Lipinski definition) is 0. The van der Waals surface area contributed by atoms with Gasteiger partial charge in [-0.2, -0.15) is 5.10 Å². The molecule has 0 bridgehead atoms. The maximum Gasteiger partial charge on any atom is 0.254 e. The summed E-state index contributed by atoms with van der Waals surface area (Å²) in [6.45, 7) is 4.45. The fourth-order valence-corrected chi connectivity index (χ4v) is 2.93. The first-order valence-corrected chi connectivity index (χ1v) is 7.71. The predicted octanol–water partition coefficient (Wildman–Crippen LogP) is 1.55. The standard InChI is InChI=1S/C16H21N5O2/c1-16(10-23-2)4-7-20(8-5-16)15(22)13-3-6-18-14(9-13)21-12-17-11-19-21/h3,6,9,11-12H,4-5,7-8,10H2,1-2H3. The monoisotopic (exact) mass is 315 g/mol. The number of piperidine rings is 1. The molecule has 1 aliphatic heterocycles. The van der Waals surface area contributed by atoms with Gasteiger partial charge >= 0.3 is 0 Å². The summed E-state index contributed by atoms with van der Waals surface area (Å²) in [4.78, 5) is 22.7. The number of nitrogens with zero attached hydrogens (tertiary/aromatic N) is 5. The average Bonchev–Trinajstić information content (AvgIpc) is 3.10. The van der Waals surface area contributed by atoms with Crippen LogP contribution in [-0.2, 0) is 4.74 Å². The van der Waals surface area contributed by atoms with Crippen LogP contribution in [0.15, 0.2) is 31.0 Å². The molecule has 0 atom stereocenters. The van der Waals surface area contributed by atoms with Gasteiger partial charge < -0.3 is 9.64 Å². The molecule has 122 valence electrons. The van der Waals surface area contributed by atoms with Gasteiger partial charge in [0.15, 0.2) is 5.82 Å². The quantitative estimate of drug-likeness (QED) is 0.856. The van der Waals surface area contributed by atoms with E-state index in [1.165, 1.54) is 6.33 Å². The molecule has 0 unspecified atom stereocenters. The first-order chi connectivity index (χ1) is 11.1. The maximum atomic E-state index is 12.7. The Balaban J connectivity index is 1.71. The minimum atomic E-state index is 0.0354. The third-order valence-corrected chi connectivity index (χ3v) is 4.40. The molecule has 2 aromatic heterocycles. The summed E-state index contributed by atoms with van der Waals surface area (Å²) in [5.74, 6) is 0.628. The Kier molecular flexibility index (Phi) is 4.38. The van der Waals surface area contributed by atoms with E-state index in [2.05, 4.69) is 22.0 Å². The lowest BCUT2D eigenvalue weighted by Crippen LogP contribution is -2.43. The van der Waals surface area contributed by atoms with Gasteiger partial charge in [-0.1, -0.05) is 6.92 Å². The number of carbonyl (C=O) groups is 1. The molecule has 0 spiro atoms. The van der Waals surface area contributed by atoms with E-state index >= 15 is 0 Å². The molecule has 0 radical (unpaired) electrons. The highest BCUT2D eigenvalue weighted by Gasteiger charge is 2.32. The molecule has 0 N–H and O–H groups in total. The summed E-state index contributed by atoms with van der Waals surface area (Å²) >= 11 is 0. The Morgan fingerprint density at radius 1 is 1.39 bits per heavy atom. The maximum absolute atomic E-state index is 12.7. The average molecular weight is 315 g/mol. The molecule has 1 amide bonds. The van der Waals surface area contributed by atoms with Crippen LogP contribution in [0.3, 0.4) is 0 Å². The molecule has 1 aliphatic rings. The minimum Gasteiger partial charge on any atom is -0.384 e. The van der Waals surface area contributed by atoms with Crippen LogP contribution < -0.4 is 0 Å². The Hall–Kier alpha value is -2.28. The molecule has 1 fully saturated rings. The Bertz CT molecular complexity index is 663. The number of likely N-dealkylation sites (tertiary alicyclic amines) is 1. The first kappa shape index (κ1) is 15.6. The number of pyridine rings is 1. The highest BCUT2D eigenvalue weighted by atomic mass is 16.5. The highest BCUT2D eigenvalue weighted by molar-refractivity contribution is 5.94. The van der Waals surface area contributed by atoms with E-state index in [0.717, 1.165) is 32.5 Å². The van der Waals surface area contributed by atoms with Crippen molar-refractivity contribution < 1.29 is 9.53 Å². The molecule has 23 heavy (non-hydrogen) atoms. The summed E-state index contributed by atoms with van der Waals surface area (Å²) in [7, 11) is 1.73. The smallest absolute Gasteiger partial charge is 0.254 e. The molecule has 3 heterocycles. The van der Waals surface area contributed by atoms with Gasteiger partial charge in [0.1, 0.15) is 12.7 Å². The van der Waals surface area contributed by atoms with E-state index in [-0.39, 0.29) is 11.3 Å². The van der Waals surface area contributed by atoms with Crippen molar-refractivity contribution in [3.8, 4) is 5.82 Å². The summed E-state index contributed by atoms with van der Waals surface area (Å²) in [5.41, 5.74) is 0.788. The number of aromatic nitrogens is 4. The van der Waals surface area contributed by atoms with E-state index in [4.69, 9.17) is 4.74 Å². The van der Waals surface area contributed by atoms with Crippen LogP contribution in [0.2, 0.25) is 0 Å². The van der Waals surface area contributed by atoms with Crippen LogP contribution >= 0.6 is 0 Å². The molecular formula is C16H21N5O2. The van der Waals surface area contributed by atoms with Gasteiger partial charge in [0, 0.05) is 32.0 Å². The summed E-state index contributed by atoms with van der Waals surface area (Å²) in [6.07, 6.45) is 6.54. The van der Waals surface area contributed by atoms with Gasteiger partial charge in [-0.3, -0.25) is 4.79 Å². The molecule has 2 aromatic rings. The molecule has 7 heteroatoms. The zero-order valence-corrected chi connectivity index (χ0v) is 13.5. The summed E-state index contributed by atoms with van der Waals surface area (Å²) < 4.78 is 6.84. The SMILES string of the molecule is COCC1(C)CCN(C(=O)c2ccnc(-n3cncn3)c2)CC1. The number of carbonyl (C=O) groups excluding carboxylic acids is 1. The number of methoxy groups -OCH3 is 1. The predicted molar refractivity (Wildman–Crippen MR) is 84.3 cm³/mol. The van der Waals surface area contributed by atoms with Crippen molar-refractivity contribution in [2.45, 2.75) is 19.8 Å². The summed E-state index contributed by atoms with van der Waals surface area (Å²) in [6, 6.07) is 3.49. The first-order valence-electron chi connectivity index (χ1n) is 7.71. The van der Waals surface area contributed by atoms with Crippen molar-refractivity contribution in [3.05, 3.63) is 36.5 Å². The van der Waals surface area contributed by atoms with E-state index in [1.54, 1.807) is 36.4 Å². The van der Waals surface area contributed by atoms with Crippen LogP contribution in [0, 0.1) is 5.41 Å². The molecular weight excluding hydrogens is 294 g/mol. The lowest BCUT2D eigenvalue weighted by Gasteiger charge is -2.39. The molecule has 0 saturated carbocycles. The Labute approximate surface area is 135 Å². The van der Waals surface area contributed by atoms with E-state index in [9.17, 15) is 4.79 Å². The second-order valence-corrected chi connectivity index (χ2v) is 6.28. The highest BCUT2D eigenvalue weighted by Crippen LogP contribution is 2.31. The summed E-state index contributed by atoms with van der Waals surface area (Å²) in [5, 5.41) is 4.04. The van der Waals surface area contributed by atoms with Crippen molar-refractivity contribution in [3.63, 3.8) is 0 Å². The fourth-order valence-electron chi connectivity index (χ4n) is 2.93. The second kappa shape index (κ2) is 6.45. The molecule has 7 nitrogen and oxygen atoms in total. The topological polar surface area (TPSA) is 73.1 Å². The van der Waals surface area contributed by atoms with Crippen LogP contribution in [0.1, 0.15) is 30.1 Å². The third kappa shape index (κ3) is 3.39. The molecule has 0 aliphatic carbocycles. The zero-order valence-electron chi connectivity index (χ0n) is 13.5. The zero-order chi connectivity index (χ0) is 16.3. The molecule has 3 rings (SSSR count). The largest absolute Gasteiger partial charge is 0.384 e. The van der Waals surface area contributed by atoms with Crippen molar-refractivity contribution in [2.75, 3.05) is 26.8 Å². The second-order valence-electron chi connectivity index (χ2n) is 6.28. The van der Waals surface area contributed by atoms with E-state index in [1.807, 2.05) is 4.90 Å². The van der Waals surface area contributed by atoms with Crippen LogP contribution in [-0.4, -0.2) is 57.4 Å². The van der Waals surface area contributed by atoms with Crippen molar-refractivity contribution >= 4 is 5.91 Å². The van der Waals surface area contributed by atoms with Gasteiger partial charge in [0.05, 0.1) is 6.61 Å². The minimum absolute atomic E-state index is 0.0354. The van der Waals surface area contributed by atoms with Crippen molar-refractivity contribution in [1.82, 2.24) is 24.6 Å². The van der Waals surface area contributed by atoms with Crippen LogP contribution in [0.4, 0.5) is 0 Å². The van der Waals surface area contributed by atoms with Gasteiger partial charge in [-0.15, -0.1) is 0 Å². The van der Waals surface area contributed by atoms with Gasteiger partial charge in [0.2, 0.25) is 0 Å². The molecule has 1 saturated heterocycles.